The minimum atomic E-state index is -1.33. The van der Waals surface area contributed by atoms with Crippen LogP contribution in [0.3, 0.4) is 0 Å². The summed E-state index contributed by atoms with van der Waals surface area (Å²) in [6.45, 7) is 6.48. The standard InChI is InChI=1S/C14H20O3Si/c1-16-13-8-5-12(6-9-13)7-10-14(15)17-11-18(2,3)4/h5-10H,11H2,1-4H3. The van der Waals surface area contributed by atoms with Crippen molar-refractivity contribution in [2.24, 2.45) is 0 Å². The number of ether oxygens (including phenoxy) is 2. The maximum absolute atomic E-state index is 11.5. The molecule has 0 aliphatic carbocycles. The highest BCUT2D eigenvalue weighted by Crippen LogP contribution is 2.12. The Hall–Kier alpha value is -1.55. The van der Waals surface area contributed by atoms with Crippen LogP contribution in [0.2, 0.25) is 19.6 Å². The Morgan fingerprint density at radius 1 is 1.22 bits per heavy atom. The molecule has 4 heteroatoms. The average Bonchev–Trinajstić information content (AvgIpc) is 2.33. The van der Waals surface area contributed by atoms with Gasteiger partial charge in [-0.3, -0.25) is 0 Å². The second-order valence-electron chi connectivity index (χ2n) is 5.27. The van der Waals surface area contributed by atoms with E-state index in [9.17, 15) is 4.79 Å². The number of hydrogen-bond acceptors (Lipinski definition) is 3. The van der Waals surface area contributed by atoms with Crippen molar-refractivity contribution in [3.63, 3.8) is 0 Å². The molecule has 0 atom stereocenters. The van der Waals surface area contributed by atoms with Crippen molar-refractivity contribution in [3.8, 4) is 5.75 Å². The van der Waals surface area contributed by atoms with Gasteiger partial charge in [0.15, 0.2) is 0 Å². The molecular formula is C14H20O3Si. The van der Waals surface area contributed by atoms with E-state index in [1.54, 1.807) is 13.2 Å². The third kappa shape index (κ3) is 5.68. The van der Waals surface area contributed by atoms with Crippen molar-refractivity contribution in [1.82, 2.24) is 0 Å². The first-order chi connectivity index (χ1) is 8.40. The molecule has 0 fully saturated rings. The van der Waals surface area contributed by atoms with Crippen LogP contribution < -0.4 is 4.74 Å². The zero-order valence-electron chi connectivity index (χ0n) is 11.4. The first-order valence-corrected chi connectivity index (χ1v) is 9.60. The van der Waals surface area contributed by atoms with Crippen molar-refractivity contribution >= 4 is 20.1 Å². The van der Waals surface area contributed by atoms with Crippen LogP contribution in [0.15, 0.2) is 30.3 Å². The van der Waals surface area contributed by atoms with Gasteiger partial charge in [0.05, 0.1) is 21.4 Å². The summed E-state index contributed by atoms with van der Waals surface area (Å²) in [5.41, 5.74) is 0.945. The molecule has 0 spiro atoms. The van der Waals surface area contributed by atoms with Gasteiger partial charge in [0, 0.05) is 6.08 Å². The molecule has 0 aliphatic heterocycles. The lowest BCUT2D eigenvalue weighted by molar-refractivity contribution is -0.135. The largest absolute Gasteiger partial charge is 0.497 e. The first kappa shape index (κ1) is 14.5. The number of carbonyl (C=O) groups excluding carboxylic acids is 1. The van der Waals surface area contributed by atoms with Crippen molar-refractivity contribution in [3.05, 3.63) is 35.9 Å². The average molecular weight is 264 g/mol. The molecule has 0 bridgehead atoms. The van der Waals surface area contributed by atoms with Gasteiger partial charge in [0.25, 0.3) is 0 Å². The molecule has 0 radical (unpaired) electrons. The van der Waals surface area contributed by atoms with Gasteiger partial charge in [-0.05, 0) is 23.8 Å². The zero-order valence-corrected chi connectivity index (χ0v) is 12.4. The summed E-state index contributed by atoms with van der Waals surface area (Å²) in [5.74, 6) is 0.515. The molecule has 0 N–H and O–H groups in total. The van der Waals surface area contributed by atoms with E-state index < -0.39 is 8.07 Å². The van der Waals surface area contributed by atoms with E-state index in [1.807, 2.05) is 24.3 Å². The van der Waals surface area contributed by atoms with Crippen LogP contribution in [0.1, 0.15) is 5.56 Å². The lowest BCUT2D eigenvalue weighted by Gasteiger charge is -2.14. The van der Waals surface area contributed by atoms with Crippen LogP contribution >= 0.6 is 0 Å². The molecule has 0 heterocycles. The fraction of sp³-hybridized carbons (Fsp3) is 0.357. The lowest BCUT2D eigenvalue weighted by Crippen LogP contribution is -2.29. The van der Waals surface area contributed by atoms with E-state index in [-0.39, 0.29) is 5.97 Å². The Labute approximate surface area is 109 Å². The third-order valence-corrected chi connectivity index (χ3v) is 3.19. The maximum Gasteiger partial charge on any atom is 0.330 e. The SMILES string of the molecule is COc1ccc(C=CC(=O)OC[Si](C)(C)C)cc1. The predicted molar refractivity (Wildman–Crippen MR) is 76.3 cm³/mol. The highest BCUT2D eigenvalue weighted by molar-refractivity contribution is 6.76. The molecule has 0 amide bonds. The Balaban J connectivity index is 2.50. The number of methoxy groups -OCH3 is 1. The third-order valence-electron chi connectivity index (χ3n) is 2.18. The molecule has 0 aliphatic rings. The maximum atomic E-state index is 11.5. The fourth-order valence-corrected chi connectivity index (χ4v) is 1.79. The summed E-state index contributed by atoms with van der Waals surface area (Å²) in [5, 5.41) is 0. The van der Waals surface area contributed by atoms with Crippen LogP contribution in [-0.4, -0.2) is 27.4 Å². The quantitative estimate of drug-likeness (QED) is 0.465. The molecule has 0 saturated heterocycles. The zero-order chi connectivity index (χ0) is 13.6. The van der Waals surface area contributed by atoms with E-state index >= 15 is 0 Å². The highest BCUT2D eigenvalue weighted by Gasteiger charge is 2.14. The molecule has 0 saturated carbocycles. The monoisotopic (exact) mass is 264 g/mol. The van der Waals surface area contributed by atoms with E-state index in [4.69, 9.17) is 9.47 Å². The predicted octanol–water partition coefficient (Wildman–Crippen LogP) is 3.13. The lowest BCUT2D eigenvalue weighted by atomic mass is 10.2. The van der Waals surface area contributed by atoms with Gasteiger partial charge >= 0.3 is 5.97 Å². The topological polar surface area (TPSA) is 35.5 Å². The van der Waals surface area contributed by atoms with E-state index in [1.165, 1.54) is 6.08 Å². The number of hydrogen-bond donors (Lipinski definition) is 0. The van der Waals surface area contributed by atoms with Gasteiger partial charge in [-0.2, -0.15) is 0 Å². The molecule has 1 aromatic carbocycles. The van der Waals surface area contributed by atoms with Gasteiger partial charge < -0.3 is 9.47 Å². The first-order valence-electron chi connectivity index (χ1n) is 5.89. The van der Waals surface area contributed by atoms with Crippen LogP contribution in [0, 0.1) is 0 Å². The second-order valence-corrected chi connectivity index (χ2v) is 10.7. The van der Waals surface area contributed by atoms with Gasteiger partial charge in [-0.25, -0.2) is 4.79 Å². The summed E-state index contributed by atoms with van der Waals surface area (Å²) in [6, 6.07) is 7.49. The summed E-state index contributed by atoms with van der Waals surface area (Å²) in [6.07, 6.45) is 3.76. The Bertz CT molecular complexity index is 416. The molecule has 3 nitrogen and oxygen atoms in total. The number of esters is 1. The molecule has 98 valence electrons. The van der Waals surface area contributed by atoms with Gasteiger partial charge in [-0.15, -0.1) is 0 Å². The molecule has 0 unspecified atom stereocenters. The normalized spacial score (nSPS) is 11.6. The van der Waals surface area contributed by atoms with E-state index in [2.05, 4.69) is 19.6 Å². The minimum absolute atomic E-state index is 0.284. The van der Waals surface area contributed by atoms with Crippen LogP contribution in [0.4, 0.5) is 0 Å². The van der Waals surface area contributed by atoms with Gasteiger partial charge in [0.2, 0.25) is 0 Å². The number of benzene rings is 1. The Morgan fingerprint density at radius 3 is 2.33 bits per heavy atom. The van der Waals surface area contributed by atoms with Crippen LogP contribution in [-0.2, 0) is 9.53 Å². The molecule has 18 heavy (non-hydrogen) atoms. The van der Waals surface area contributed by atoms with E-state index in [0.717, 1.165) is 11.3 Å². The fourth-order valence-electron chi connectivity index (χ4n) is 1.22. The van der Waals surface area contributed by atoms with Crippen LogP contribution in [0.25, 0.3) is 6.08 Å². The number of carbonyl (C=O) groups is 1. The molecule has 1 rings (SSSR count). The van der Waals surface area contributed by atoms with Gasteiger partial charge in [0.1, 0.15) is 5.75 Å². The van der Waals surface area contributed by atoms with Crippen molar-refractivity contribution in [2.45, 2.75) is 19.6 Å². The second kappa shape index (κ2) is 6.40. The molecule has 0 aromatic heterocycles. The summed E-state index contributed by atoms with van der Waals surface area (Å²) in [4.78, 5) is 11.5. The Morgan fingerprint density at radius 2 is 1.83 bits per heavy atom. The summed E-state index contributed by atoms with van der Waals surface area (Å²) < 4.78 is 10.2. The smallest absolute Gasteiger partial charge is 0.330 e. The van der Waals surface area contributed by atoms with Crippen LogP contribution in [0.5, 0.6) is 5.75 Å². The summed E-state index contributed by atoms with van der Waals surface area (Å²) >= 11 is 0. The molecular weight excluding hydrogens is 244 g/mol. The van der Waals surface area contributed by atoms with Crippen molar-refractivity contribution < 1.29 is 14.3 Å². The molecule has 1 aromatic rings. The summed E-state index contributed by atoms with van der Waals surface area (Å²) in [7, 11) is 0.289. The van der Waals surface area contributed by atoms with Gasteiger partial charge in [-0.1, -0.05) is 31.8 Å². The van der Waals surface area contributed by atoms with Crippen molar-refractivity contribution in [1.29, 1.82) is 0 Å². The highest BCUT2D eigenvalue weighted by atomic mass is 28.3. The Kier molecular flexibility index (Phi) is 5.16. The minimum Gasteiger partial charge on any atom is -0.497 e. The number of rotatable bonds is 5. The van der Waals surface area contributed by atoms with E-state index in [0.29, 0.717) is 6.23 Å². The van der Waals surface area contributed by atoms with Crippen molar-refractivity contribution in [2.75, 3.05) is 13.3 Å².